The van der Waals surface area contributed by atoms with Crippen LogP contribution in [0.1, 0.15) is 76.7 Å². The SMILES string of the molecule is CCCCCCCCCc1ccc(OCCOCCOCCOCCOCCOCCOCCOCCOCCOCCOCCOCCOCCCNC(=O)CCC(=O)O)cc1. The van der Waals surface area contributed by atoms with Crippen LogP contribution in [0.5, 0.6) is 5.75 Å². The molecule has 2 N–H and O–H groups in total. The first kappa shape index (κ1) is 58.5. The molecule has 0 atom stereocenters. The summed E-state index contributed by atoms with van der Waals surface area (Å²) in [6.45, 7) is 14.9. The maximum atomic E-state index is 11.4. The molecule has 0 aliphatic heterocycles. The number of rotatable bonds is 52. The van der Waals surface area contributed by atoms with E-state index in [4.69, 9.17) is 66.7 Å². The van der Waals surface area contributed by atoms with Crippen LogP contribution in [0.25, 0.3) is 0 Å². The Balaban J connectivity index is 1.66. The van der Waals surface area contributed by atoms with E-state index in [-0.39, 0.29) is 18.7 Å². The molecule has 0 spiro atoms. The van der Waals surface area contributed by atoms with E-state index in [1.54, 1.807) is 0 Å². The van der Waals surface area contributed by atoms with Gasteiger partial charge in [0.05, 0.1) is 158 Å². The van der Waals surface area contributed by atoms with E-state index in [1.165, 1.54) is 50.5 Å². The largest absolute Gasteiger partial charge is 0.491 e. The van der Waals surface area contributed by atoms with Crippen LogP contribution in [-0.2, 0) is 72.9 Å². The number of hydrogen-bond donors (Lipinski definition) is 2. The number of amides is 1. The highest BCUT2D eigenvalue weighted by molar-refractivity contribution is 5.80. The van der Waals surface area contributed by atoms with E-state index in [0.29, 0.717) is 178 Å². The van der Waals surface area contributed by atoms with Gasteiger partial charge in [0.2, 0.25) is 5.91 Å². The third-order valence-corrected chi connectivity index (χ3v) is 8.93. The van der Waals surface area contributed by atoms with Gasteiger partial charge in [-0.2, -0.15) is 0 Å². The Bertz CT molecular complexity index is 1100. The number of carboxylic acids is 1. The quantitative estimate of drug-likeness (QED) is 0.0838. The summed E-state index contributed by atoms with van der Waals surface area (Å²) in [4.78, 5) is 21.8. The summed E-state index contributed by atoms with van der Waals surface area (Å²) in [5.41, 5.74) is 1.37. The summed E-state index contributed by atoms with van der Waals surface area (Å²) in [5, 5.41) is 11.2. The topological polar surface area (TPSA) is 186 Å². The van der Waals surface area contributed by atoms with Crippen molar-refractivity contribution in [3.05, 3.63) is 29.8 Å². The fourth-order valence-electron chi connectivity index (χ4n) is 5.49. The number of carbonyl (C=O) groups is 2. The Morgan fingerprint density at radius 3 is 1.11 bits per heavy atom. The molecule has 0 unspecified atom stereocenters. The molecule has 1 rings (SSSR count). The summed E-state index contributed by atoms with van der Waals surface area (Å²) in [5.74, 6) is -0.372. The number of nitrogens with one attached hydrogen (secondary N) is 1. The van der Waals surface area contributed by atoms with Crippen molar-refractivity contribution < 1.29 is 76.3 Å². The molecule has 0 aliphatic rings. The molecule has 0 saturated carbocycles. The fraction of sp³-hybridized carbons (Fsp3) is 0.826. The lowest BCUT2D eigenvalue weighted by molar-refractivity contribution is -0.138. The summed E-state index contributed by atoms with van der Waals surface area (Å²) in [6.07, 6.45) is 10.9. The Morgan fingerprint density at radius 2 is 0.746 bits per heavy atom. The number of hydrogen-bond acceptors (Lipinski definition) is 15. The third-order valence-electron chi connectivity index (χ3n) is 8.93. The van der Waals surface area contributed by atoms with Gasteiger partial charge in [-0.15, -0.1) is 0 Å². The monoisotopic (exact) mass is 906 g/mol. The lowest BCUT2D eigenvalue weighted by Crippen LogP contribution is -2.25. The minimum Gasteiger partial charge on any atom is -0.491 e. The maximum absolute atomic E-state index is 11.4. The standard InChI is InChI=1S/C46H83NO16/c1-2-3-4-5-6-7-8-10-43-11-13-44(14-12-43)63-42-41-62-40-39-61-38-37-60-36-35-59-34-33-58-32-31-57-30-29-56-28-27-55-26-25-54-24-23-53-22-21-52-20-19-51-18-9-17-47-45(48)15-16-46(49)50/h11-14H,2-10,15-42H2,1H3,(H,47,48)(H,49,50). The van der Waals surface area contributed by atoms with Gasteiger partial charge in [0, 0.05) is 19.6 Å². The summed E-state index contributed by atoms with van der Waals surface area (Å²) >= 11 is 0. The van der Waals surface area contributed by atoms with Crippen molar-refractivity contribution in [2.45, 2.75) is 77.6 Å². The average molecular weight is 906 g/mol. The molecule has 0 fully saturated rings. The fourth-order valence-corrected chi connectivity index (χ4v) is 5.49. The van der Waals surface area contributed by atoms with Crippen LogP contribution in [0.15, 0.2) is 24.3 Å². The van der Waals surface area contributed by atoms with E-state index >= 15 is 0 Å². The highest BCUT2D eigenvalue weighted by Gasteiger charge is 2.04. The number of carbonyl (C=O) groups excluding carboxylic acids is 1. The maximum Gasteiger partial charge on any atom is 0.303 e. The Kier molecular flexibility index (Phi) is 45.4. The Labute approximate surface area is 377 Å². The van der Waals surface area contributed by atoms with Crippen LogP contribution in [0.2, 0.25) is 0 Å². The number of benzene rings is 1. The van der Waals surface area contributed by atoms with Crippen LogP contribution in [0, 0.1) is 0 Å². The number of unbranched alkanes of at least 4 members (excludes halogenated alkanes) is 6. The van der Waals surface area contributed by atoms with Crippen molar-refractivity contribution in [1.82, 2.24) is 5.32 Å². The highest BCUT2D eigenvalue weighted by Crippen LogP contribution is 2.15. The van der Waals surface area contributed by atoms with Gasteiger partial charge >= 0.3 is 5.97 Å². The molecular weight excluding hydrogens is 822 g/mol. The normalized spacial score (nSPS) is 11.4. The lowest BCUT2D eigenvalue weighted by Gasteiger charge is -2.09. The van der Waals surface area contributed by atoms with Crippen molar-refractivity contribution >= 4 is 11.9 Å². The van der Waals surface area contributed by atoms with Crippen molar-refractivity contribution in [3.8, 4) is 5.75 Å². The molecule has 0 aliphatic carbocycles. The van der Waals surface area contributed by atoms with Crippen molar-refractivity contribution in [1.29, 1.82) is 0 Å². The smallest absolute Gasteiger partial charge is 0.303 e. The summed E-state index contributed by atoms with van der Waals surface area (Å²) in [6, 6.07) is 8.43. The Hall–Kier alpha value is -2.52. The van der Waals surface area contributed by atoms with Crippen LogP contribution >= 0.6 is 0 Å². The molecule has 1 amide bonds. The molecule has 0 saturated heterocycles. The van der Waals surface area contributed by atoms with E-state index < -0.39 is 5.97 Å². The van der Waals surface area contributed by atoms with Gasteiger partial charge in [-0.05, 0) is 37.0 Å². The first-order chi connectivity index (χ1) is 31.1. The van der Waals surface area contributed by atoms with E-state index in [2.05, 4.69) is 24.4 Å². The first-order valence-electron chi connectivity index (χ1n) is 23.2. The molecule has 63 heavy (non-hydrogen) atoms. The van der Waals surface area contributed by atoms with Crippen LogP contribution in [0.4, 0.5) is 0 Å². The van der Waals surface area contributed by atoms with Crippen LogP contribution in [0.3, 0.4) is 0 Å². The zero-order valence-electron chi connectivity index (χ0n) is 38.5. The average Bonchev–Trinajstić information content (AvgIpc) is 3.29. The minimum atomic E-state index is -0.984. The molecular formula is C46H83NO16. The third kappa shape index (κ3) is 45.8. The number of aryl methyl sites for hydroxylation is 1. The zero-order chi connectivity index (χ0) is 45.2. The van der Waals surface area contributed by atoms with Crippen molar-refractivity contribution in [2.24, 2.45) is 0 Å². The molecule has 17 heteroatoms. The van der Waals surface area contributed by atoms with Gasteiger partial charge in [0.25, 0.3) is 0 Å². The van der Waals surface area contributed by atoms with Gasteiger partial charge in [-0.25, -0.2) is 0 Å². The molecule has 368 valence electrons. The Morgan fingerprint density at radius 1 is 0.413 bits per heavy atom. The predicted molar refractivity (Wildman–Crippen MR) is 238 cm³/mol. The molecule has 0 radical (unpaired) electrons. The minimum absolute atomic E-state index is 0.0122. The molecule has 0 aromatic heterocycles. The van der Waals surface area contributed by atoms with Crippen molar-refractivity contribution in [3.63, 3.8) is 0 Å². The molecule has 1 aromatic rings. The number of carboxylic acid groups (broad SMARTS) is 1. The molecule has 0 bridgehead atoms. The second kappa shape index (κ2) is 48.9. The van der Waals surface area contributed by atoms with E-state index in [0.717, 1.165) is 12.2 Å². The van der Waals surface area contributed by atoms with Gasteiger partial charge in [0.15, 0.2) is 0 Å². The van der Waals surface area contributed by atoms with Gasteiger partial charge in [0.1, 0.15) is 12.4 Å². The van der Waals surface area contributed by atoms with Crippen LogP contribution in [-0.4, -0.2) is 189 Å². The van der Waals surface area contributed by atoms with E-state index in [1.807, 2.05) is 12.1 Å². The second-order valence-corrected chi connectivity index (χ2v) is 14.3. The first-order valence-corrected chi connectivity index (χ1v) is 23.2. The van der Waals surface area contributed by atoms with Gasteiger partial charge < -0.3 is 72.0 Å². The molecule has 1 aromatic carbocycles. The summed E-state index contributed by atoms with van der Waals surface area (Å²) < 4.78 is 71.8. The van der Waals surface area contributed by atoms with Gasteiger partial charge in [-0.1, -0.05) is 57.6 Å². The van der Waals surface area contributed by atoms with Crippen LogP contribution < -0.4 is 10.1 Å². The van der Waals surface area contributed by atoms with E-state index in [9.17, 15) is 9.59 Å². The molecule has 17 nitrogen and oxygen atoms in total. The summed E-state index contributed by atoms with van der Waals surface area (Å²) in [7, 11) is 0. The molecule has 0 heterocycles. The highest BCUT2D eigenvalue weighted by atomic mass is 16.6. The van der Waals surface area contributed by atoms with Crippen molar-refractivity contribution in [2.75, 3.05) is 172 Å². The number of ether oxygens (including phenoxy) is 13. The predicted octanol–water partition coefficient (Wildman–Crippen LogP) is 4.93. The lowest BCUT2D eigenvalue weighted by atomic mass is 10.0. The zero-order valence-corrected chi connectivity index (χ0v) is 38.5. The van der Waals surface area contributed by atoms with Gasteiger partial charge in [-0.3, -0.25) is 9.59 Å². The number of aliphatic carboxylic acids is 1. The second-order valence-electron chi connectivity index (χ2n) is 14.3.